The third kappa shape index (κ3) is 6.28. The molecule has 0 N–H and O–H groups in total. The number of rotatable bonds is 6. The smallest absolute Gasteiger partial charge is 0.306 e. The third-order valence-corrected chi connectivity index (χ3v) is 1.72. The van der Waals surface area contributed by atoms with Crippen molar-refractivity contribution in [2.45, 2.75) is 20.3 Å². The lowest BCUT2D eigenvalue weighted by atomic mass is 10.0. The molecule has 0 saturated heterocycles. The molecule has 0 radical (unpaired) electrons. The summed E-state index contributed by atoms with van der Waals surface area (Å²) < 4.78 is 9.49. The maximum absolute atomic E-state index is 11.0. The van der Waals surface area contributed by atoms with Gasteiger partial charge in [-0.2, -0.15) is 0 Å². The van der Waals surface area contributed by atoms with Crippen molar-refractivity contribution in [3.63, 3.8) is 0 Å². The van der Waals surface area contributed by atoms with E-state index < -0.39 is 0 Å². The quantitative estimate of drug-likeness (QED) is 0.457. The molecule has 0 spiro atoms. The van der Waals surface area contributed by atoms with Crippen LogP contribution in [0.1, 0.15) is 20.3 Å². The molecule has 0 aliphatic carbocycles. The van der Waals surface area contributed by atoms with Gasteiger partial charge in [0, 0.05) is 13.0 Å². The maximum Gasteiger partial charge on any atom is 0.306 e. The summed E-state index contributed by atoms with van der Waals surface area (Å²) in [6, 6.07) is 0. The van der Waals surface area contributed by atoms with Crippen LogP contribution in [0.3, 0.4) is 0 Å². The van der Waals surface area contributed by atoms with Crippen LogP contribution in [-0.2, 0) is 19.1 Å². The van der Waals surface area contributed by atoms with E-state index in [1.54, 1.807) is 6.92 Å². The van der Waals surface area contributed by atoms with E-state index in [1.165, 1.54) is 14.0 Å². The Kier molecular flexibility index (Phi) is 6.14. The van der Waals surface area contributed by atoms with Gasteiger partial charge in [0.15, 0.2) is 0 Å². The van der Waals surface area contributed by atoms with Crippen molar-refractivity contribution in [2.75, 3.05) is 20.3 Å². The van der Waals surface area contributed by atoms with Crippen molar-refractivity contribution in [3.8, 4) is 0 Å². The zero-order valence-corrected chi connectivity index (χ0v) is 8.33. The highest BCUT2D eigenvalue weighted by molar-refractivity contribution is 5.83. The van der Waals surface area contributed by atoms with Crippen LogP contribution >= 0.6 is 0 Å². The lowest BCUT2D eigenvalue weighted by molar-refractivity contribution is -0.147. The minimum Gasteiger partial charge on any atom is -0.463 e. The van der Waals surface area contributed by atoms with Gasteiger partial charge >= 0.3 is 5.97 Å². The van der Waals surface area contributed by atoms with Crippen LogP contribution in [0, 0.1) is 5.92 Å². The number of methoxy groups -OCH3 is 1. The summed E-state index contributed by atoms with van der Waals surface area (Å²) in [5, 5.41) is 0. The Labute approximate surface area is 78.2 Å². The van der Waals surface area contributed by atoms with Crippen molar-refractivity contribution in [2.24, 2.45) is 5.92 Å². The molecule has 0 aromatic heterocycles. The fourth-order valence-electron chi connectivity index (χ4n) is 0.691. The van der Waals surface area contributed by atoms with Crippen LogP contribution in [0.15, 0.2) is 0 Å². The summed E-state index contributed by atoms with van der Waals surface area (Å²) in [7, 11) is 1.53. The Balaban J connectivity index is 3.56. The summed E-state index contributed by atoms with van der Waals surface area (Å²) in [5.41, 5.74) is 0. The van der Waals surface area contributed by atoms with Gasteiger partial charge in [-0.25, -0.2) is 0 Å². The summed E-state index contributed by atoms with van der Waals surface area (Å²) >= 11 is 0. The first kappa shape index (κ1) is 12.1. The molecule has 0 saturated carbocycles. The van der Waals surface area contributed by atoms with Crippen LogP contribution in [0.2, 0.25) is 0 Å². The van der Waals surface area contributed by atoms with E-state index in [-0.39, 0.29) is 30.7 Å². The van der Waals surface area contributed by atoms with E-state index in [4.69, 9.17) is 9.47 Å². The molecule has 0 aliphatic heterocycles. The normalized spacial score (nSPS) is 12.2. The van der Waals surface area contributed by atoms with Crippen LogP contribution in [0.25, 0.3) is 0 Å². The summed E-state index contributed by atoms with van der Waals surface area (Å²) in [5.74, 6) is -0.599. The van der Waals surface area contributed by atoms with E-state index in [9.17, 15) is 9.59 Å². The highest BCUT2D eigenvalue weighted by atomic mass is 16.6. The second-order valence-corrected chi connectivity index (χ2v) is 2.93. The lowest BCUT2D eigenvalue weighted by Crippen LogP contribution is -2.16. The first-order chi connectivity index (χ1) is 6.07. The Morgan fingerprint density at radius 2 is 1.92 bits per heavy atom. The molecule has 0 aromatic carbocycles. The molecule has 0 bridgehead atoms. The molecule has 0 fully saturated rings. The Bertz CT molecular complexity index is 176. The number of ketones is 1. The number of esters is 1. The SMILES string of the molecule is COCCOC(=O)C[C@H](C)C(C)=O. The lowest BCUT2D eigenvalue weighted by Gasteiger charge is -2.07. The van der Waals surface area contributed by atoms with E-state index in [0.717, 1.165) is 0 Å². The molecule has 1 atom stereocenters. The second kappa shape index (κ2) is 6.60. The molecule has 0 amide bonds. The molecule has 0 aliphatic rings. The minimum atomic E-state index is -0.347. The average molecular weight is 188 g/mol. The van der Waals surface area contributed by atoms with Gasteiger partial charge in [-0.15, -0.1) is 0 Å². The molecule has 0 heterocycles. The van der Waals surface area contributed by atoms with E-state index >= 15 is 0 Å². The summed E-state index contributed by atoms with van der Waals surface area (Å²) in [6.07, 6.45) is 0.152. The van der Waals surface area contributed by atoms with E-state index in [2.05, 4.69) is 0 Å². The van der Waals surface area contributed by atoms with Gasteiger partial charge < -0.3 is 9.47 Å². The predicted octanol–water partition coefficient (Wildman–Crippen LogP) is 0.791. The molecule has 13 heavy (non-hydrogen) atoms. The largest absolute Gasteiger partial charge is 0.463 e. The monoisotopic (exact) mass is 188 g/mol. The topological polar surface area (TPSA) is 52.6 Å². The van der Waals surface area contributed by atoms with Crippen molar-refractivity contribution >= 4 is 11.8 Å². The van der Waals surface area contributed by atoms with Crippen LogP contribution < -0.4 is 0 Å². The molecule has 4 heteroatoms. The average Bonchev–Trinajstić information content (AvgIpc) is 2.04. The first-order valence-electron chi connectivity index (χ1n) is 4.23. The van der Waals surface area contributed by atoms with Gasteiger partial charge in [0.2, 0.25) is 0 Å². The van der Waals surface area contributed by atoms with Gasteiger partial charge in [-0.05, 0) is 6.92 Å². The van der Waals surface area contributed by atoms with Gasteiger partial charge in [-0.3, -0.25) is 9.59 Å². The number of Topliss-reactive ketones (excluding diaryl/α,β-unsaturated/α-hetero) is 1. The van der Waals surface area contributed by atoms with Crippen molar-refractivity contribution in [3.05, 3.63) is 0 Å². The van der Waals surface area contributed by atoms with Gasteiger partial charge in [0.05, 0.1) is 13.0 Å². The summed E-state index contributed by atoms with van der Waals surface area (Å²) in [6.45, 7) is 3.81. The van der Waals surface area contributed by atoms with Crippen molar-refractivity contribution in [1.82, 2.24) is 0 Å². The molecule has 0 aromatic rings. The predicted molar refractivity (Wildman–Crippen MR) is 47.3 cm³/mol. The number of carbonyl (C=O) groups is 2. The Morgan fingerprint density at radius 1 is 1.31 bits per heavy atom. The Hall–Kier alpha value is -0.900. The maximum atomic E-state index is 11.0. The van der Waals surface area contributed by atoms with Gasteiger partial charge in [-0.1, -0.05) is 6.92 Å². The molecule has 0 rings (SSSR count). The second-order valence-electron chi connectivity index (χ2n) is 2.93. The van der Waals surface area contributed by atoms with Crippen molar-refractivity contribution in [1.29, 1.82) is 0 Å². The third-order valence-electron chi connectivity index (χ3n) is 1.72. The van der Waals surface area contributed by atoms with E-state index in [1.807, 2.05) is 0 Å². The molecular weight excluding hydrogens is 172 g/mol. The highest BCUT2D eigenvalue weighted by Crippen LogP contribution is 2.04. The molecular formula is C9H16O4. The number of carbonyl (C=O) groups excluding carboxylic acids is 2. The number of ether oxygens (including phenoxy) is 2. The zero-order chi connectivity index (χ0) is 10.3. The van der Waals surface area contributed by atoms with Crippen LogP contribution in [0.4, 0.5) is 0 Å². The number of hydrogen-bond donors (Lipinski definition) is 0. The molecule has 4 nitrogen and oxygen atoms in total. The number of hydrogen-bond acceptors (Lipinski definition) is 4. The fourth-order valence-corrected chi connectivity index (χ4v) is 0.691. The summed E-state index contributed by atoms with van der Waals surface area (Å²) in [4.78, 5) is 21.8. The molecule has 0 unspecified atom stereocenters. The van der Waals surface area contributed by atoms with Gasteiger partial charge in [0.25, 0.3) is 0 Å². The molecule has 76 valence electrons. The van der Waals surface area contributed by atoms with Crippen LogP contribution in [-0.4, -0.2) is 32.1 Å². The van der Waals surface area contributed by atoms with Crippen molar-refractivity contribution < 1.29 is 19.1 Å². The van der Waals surface area contributed by atoms with E-state index in [0.29, 0.717) is 6.61 Å². The standard InChI is InChI=1S/C9H16O4/c1-7(8(2)10)6-9(11)13-5-4-12-3/h7H,4-6H2,1-3H3/t7-/m0/s1. The van der Waals surface area contributed by atoms with Gasteiger partial charge in [0.1, 0.15) is 12.4 Å². The highest BCUT2D eigenvalue weighted by Gasteiger charge is 2.13. The Morgan fingerprint density at radius 3 is 2.38 bits per heavy atom. The fraction of sp³-hybridized carbons (Fsp3) is 0.778. The first-order valence-corrected chi connectivity index (χ1v) is 4.23. The minimum absolute atomic E-state index is 0.00342. The zero-order valence-electron chi connectivity index (χ0n) is 8.33. The van der Waals surface area contributed by atoms with Crippen LogP contribution in [0.5, 0.6) is 0 Å².